The van der Waals surface area contributed by atoms with Crippen molar-refractivity contribution in [2.24, 2.45) is 11.7 Å². The van der Waals surface area contributed by atoms with Crippen LogP contribution in [0.15, 0.2) is 48.5 Å². The van der Waals surface area contributed by atoms with Crippen LogP contribution in [0.5, 0.6) is 0 Å². The molecule has 100 valence electrons. The van der Waals surface area contributed by atoms with E-state index < -0.39 is 0 Å². The highest BCUT2D eigenvalue weighted by Crippen LogP contribution is 2.18. The third-order valence-corrected chi connectivity index (χ3v) is 3.27. The van der Waals surface area contributed by atoms with Gasteiger partial charge in [0.1, 0.15) is 11.6 Å². The quantitative estimate of drug-likeness (QED) is 0.877. The second kappa shape index (κ2) is 6.43. The van der Waals surface area contributed by atoms with E-state index in [9.17, 15) is 8.78 Å². The van der Waals surface area contributed by atoms with E-state index in [4.69, 9.17) is 5.73 Å². The Morgan fingerprint density at radius 2 is 1.21 bits per heavy atom. The molecular weight excluding hydrogens is 244 g/mol. The van der Waals surface area contributed by atoms with Gasteiger partial charge in [0.05, 0.1) is 0 Å². The summed E-state index contributed by atoms with van der Waals surface area (Å²) in [5.41, 5.74) is 6.99. The van der Waals surface area contributed by atoms with Crippen molar-refractivity contribution in [2.75, 3.05) is 6.54 Å². The van der Waals surface area contributed by atoms with Crippen LogP contribution in [-0.2, 0) is 12.8 Å². The first-order valence-electron chi connectivity index (χ1n) is 6.37. The van der Waals surface area contributed by atoms with Gasteiger partial charge in [0.15, 0.2) is 0 Å². The lowest BCUT2D eigenvalue weighted by Gasteiger charge is -2.15. The predicted molar refractivity (Wildman–Crippen MR) is 72.8 cm³/mol. The first-order valence-corrected chi connectivity index (χ1v) is 6.37. The fourth-order valence-electron chi connectivity index (χ4n) is 2.19. The molecule has 3 heteroatoms. The molecule has 2 rings (SSSR count). The van der Waals surface area contributed by atoms with E-state index >= 15 is 0 Å². The Hall–Kier alpha value is -1.74. The van der Waals surface area contributed by atoms with Crippen molar-refractivity contribution in [3.63, 3.8) is 0 Å². The Morgan fingerprint density at radius 3 is 1.58 bits per heavy atom. The molecule has 0 aliphatic rings. The molecule has 0 bridgehead atoms. The second-order valence-electron chi connectivity index (χ2n) is 4.69. The highest BCUT2D eigenvalue weighted by Gasteiger charge is 2.13. The van der Waals surface area contributed by atoms with Gasteiger partial charge < -0.3 is 5.73 Å². The zero-order valence-corrected chi connectivity index (χ0v) is 10.7. The Balaban J connectivity index is 2.09. The molecule has 0 spiro atoms. The summed E-state index contributed by atoms with van der Waals surface area (Å²) in [5.74, 6) is -0.419. The van der Waals surface area contributed by atoms with E-state index in [0.29, 0.717) is 30.5 Å². The van der Waals surface area contributed by atoms with Crippen molar-refractivity contribution in [1.29, 1.82) is 0 Å². The van der Waals surface area contributed by atoms with Crippen molar-refractivity contribution in [2.45, 2.75) is 12.8 Å². The van der Waals surface area contributed by atoms with E-state index in [2.05, 4.69) is 0 Å². The minimum atomic E-state index is -0.227. The monoisotopic (exact) mass is 261 g/mol. The summed E-state index contributed by atoms with van der Waals surface area (Å²) < 4.78 is 27.2. The molecule has 0 amide bonds. The molecule has 0 atom stereocenters. The van der Waals surface area contributed by atoms with Crippen LogP contribution in [0.2, 0.25) is 0 Å². The zero-order valence-electron chi connectivity index (χ0n) is 10.7. The average Bonchev–Trinajstić information content (AvgIpc) is 2.42. The number of hydrogen-bond donors (Lipinski definition) is 1. The summed E-state index contributed by atoms with van der Waals surface area (Å²) in [7, 11) is 0. The van der Waals surface area contributed by atoms with Gasteiger partial charge in [-0.3, -0.25) is 0 Å². The fourth-order valence-corrected chi connectivity index (χ4v) is 2.19. The number of nitrogens with two attached hydrogens (primary N) is 1. The minimum absolute atomic E-state index is 0.0359. The SMILES string of the molecule is NCC(Cc1ccccc1F)Cc1ccccc1F. The van der Waals surface area contributed by atoms with Crippen LogP contribution in [0.1, 0.15) is 11.1 Å². The maximum absolute atomic E-state index is 13.6. The summed E-state index contributed by atoms with van der Waals surface area (Å²) in [6.07, 6.45) is 1.05. The Labute approximate surface area is 112 Å². The van der Waals surface area contributed by atoms with Gasteiger partial charge in [-0.05, 0) is 48.6 Å². The summed E-state index contributed by atoms with van der Waals surface area (Å²) >= 11 is 0. The second-order valence-corrected chi connectivity index (χ2v) is 4.69. The number of hydrogen-bond acceptors (Lipinski definition) is 1. The predicted octanol–water partition coefficient (Wildman–Crippen LogP) is 3.32. The van der Waals surface area contributed by atoms with Gasteiger partial charge in [-0.15, -0.1) is 0 Å². The number of halogens is 2. The zero-order chi connectivity index (χ0) is 13.7. The van der Waals surface area contributed by atoms with Crippen molar-refractivity contribution in [3.8, 4) is 0 Å². The largest absolute Gasteiger partial charge is 0.330 e. The van der Waals surface area contributed by atoms with Gasteiger partial charge in [0.25, 0.3) is 0 Å². The van der Waals surface area contributed by atoms with Crippen LogP contribution < -0.4 is 5.73 Å². The molecule has 0 saturated carbocycles. The first-order chi connectivity index (χ1) is 9.20. The third kappa shape index (κ3) is 3.61. The number of rotatable bonds is 5. The van der Waals surface area contributed by atoms with Crippen molar-refractivity contribution >= 4 is 0 Å². The van der Waals surface area contributed by atoms with Crippen LogP contribution >= 0.6 is 0 Å². The molecule has 0 heterocycles. The first kappa shape index (κ1) is 13.7. The maximum Gasteiger partial charge on any atom is 0.126 e. The lowest BCUT2D eigenvalue weighted by Crippen LogP contribution is -2.20. The molecule has 0 aromatic heterocycles. The lowest BCUT2D eigenvalue weighted by atomic mass is 9.92. The van der Waals surface area contributed by atoms with Crippen molar-refractivity contribution in [3.05, 3.63) is 71.3 Å². The molecule has 0 radical (unpaired) electrons. The van der Waals surface area contributed by atoms with Crippen molar-refractivity contribution in [1.82, 2.24) is 0 Å². The van der Waals surface area contributed by atoms with E-state index in [0.717, 1.165) is 0 Å². The minimum Gasteiger partial charge on any atom is -0.330 e. The molecule has 19 heavy (non-hydrogen) atoms. The summed E-state index contributed by atoms with van der Waals surface area (Å²) in [6, 6.07) is 13.3. The molecule has 0 aliphatic carbocycles. The van der Waals surface area contributed by atoms with E-state index in [1.54, 1.807) is 36.4 Å². The molecule has 0 aliphatic heterocycles. The summed E-state index contributed by atoms with van der Waals surface area (Å²) in [5, 5.41) is 0. The van der Waals surface area contributed by atoms with Crippen LogP contribution in [-0.4, -0.2) is 6.54 Å². The van der Waals surface area contributed by atoms with Gasteiger partial charge in [0.2, 0.25) is 0 Å². The summed E-state index contributed by atoms with van der Waals surface area (Å²) in [6.45, 7) is 0.405. The van der Waals surface area contributed by atoms with Gasteiger partial charge in [-0.2, -0.15) is 0 Å². The molecule has 0 saturated heterocycles. The number of benzene rings is 2. The highest BCUT2D eigenvalue weighted by molar-refractivity contribution is 5.21. The topological polar surface area (TPSA) is 26.0 Å². The van der Waals surface area contributed by atoms with Crippen LogP contribution in [0.3, 0.4) is 0 Å². The van der Waals surface area contributed by atoms with Crippen molar-refractivity contribution < 1.29 is 8.78 Å². The third-order valence-electron chi connectivity index (χ3n) is 3.27. The maximum atomic E-state index is 13.6. The standard InChI is InChI=1S/C16H17F2N/c17-15-7-3-1-5-13(15)9-12(11-19)10-14-6-2-4-8-16(14)18/h1-8,12H,9-11,19H2. The smallest absolute Gasteiger partial charge is 0.126 e. The van der Waals surface area contributed by atoms with Crippen LogP contribution in [0.25, 0.3) is 0 Å². The highest BCUT2D eigenvalue weighted by atomic mass is 19.1. The summed E-state index contributed by atoms with van der Waals surface area (Å²) in [4.78, 5) is 0. The molecule has 2 aromatic rings. The molecule has 0 fully saturated rings. The van der Waals surface area contributed by atoms with Gasteiger partial charge in [-0.1, -0.05) is 36.4 Å². The molecule has 2 N–H and O–H groups in total. The Kier molecular flexibility index (Phi) is 4.63. The molecule has 2 aromatic carbocycles. The normalized spacial score (nSPS) is 10.9. The average molecular weight is 261 g/mol. The van der Waals surface area contributed by atoms with Gasteiger partial charge >= 0.3 is 0 Å². The van der Waals surface area contributed by atoms with Crippen LogP contribution in [0.4, 0.5) is 8.78 Å². The molecular formula is C16H17F2N. The van der Waals surface area contributed by atoms with E-state index in [-0.39, 0.29) is 17.6 Å². The van der Waals surface area contributed by atoms with E-state index in [1.807, 2.05) is 0 Å². The molecule has 0 unspecified atom stereocenters. The van der Waals surface area contributed by atoms with E-state index in [1.165, 1.54) is 12.1 Å². The van der Waals surface area contributed by atoms with Gasteiger partial charge in [0, 0.05) is 0 Å². The Morgan fingerprint density at radius 1 is 0.789 bits per heavy atom. The fraction of sp³-hybridized carbons (Fsp3) is 0.250. The van der Waals surface area contributed by atoms with Crippen LogP contribution in [0, 0.1) is 17.6 Å². The van der Waals surface area contributed by atoms with Gasteiger partial charge in [-0.25, -0.2) is 8.78 Å². The molecule has 1 nitrogen and oxygen atoms in total. The lowest BCUT2D eigenvalue weighted by molar-refractivity contribution is 0.497. The Bertz CT molecular complexity index is 492.